The van der Waals surface area contributed by atoms with Crippen LogP contribution in [0.4, 0.5) is 0 Å². The molecular weight excluding hydrogens is 262 g/mol. The molecule has 0 aromatic heterocycles. The van der Waals surface area contributed by atoms with Crippen LogP contribution >= 0.6 is 0 Å². The van der Waals surface area contributed by atoms with E-state index >= 15 is 0 Å². The molecule has 3 heteroatoms. The summed E-state index contributed by atoms with van der Waals surface area (Å²) in [5, 5.41) is 3.00. The monoisotopic (exact) mass is 289 g/mol. The standard InChI is InChI=1S/C18H27NO2/c1-14(2)6-5-7-15(3)19-18(20)13-10-16-8-11-17(21-4)12-9-16/h8-15H,5-7H2,1-4H3,(H,19,20)/b13-10+. The minimum atomic E-state index is -0.0390. The second-order valence-electron chi connectivity index (χ2n) is 5.84. The minimum absolute atomic E-state index is 0.0390. The van der Waals surface area contributed by atoms with E-state index < -0.39 is 0 Å². The van der Waals surface area contributed by atoms with Gasteiger partial charge in [0.2, 0.25) is 5.91 Å². The van der Waals surface area contributed by atoms with Crippen LogP contribution in [0.5, 0.6) is 5.75 Å². The van der Waals surface area contributed by atoms with Crippen LogP contribution < -0.4 is 10.1 Å². The Morgan fingerprint density at radius 3 is 2.43 bits per heavy atom. The molecule has 1 atom stereocenters. The fraction of sp³-hybridized carbons (Fsp3) is 0.500. The number of hydrogen-bond acceptors (Lipinski definition) is 2. The van der Waals surface area contributed by atoms with Gasteiger partial charge in [0, 0.05) is 12.1 Å². The number of benzene rings is 1. The van der Waals surface area contributed by atoms with Gasteiger partial charge in [0.15, 0.2) is 0 Å². The first-order valence-electron chi connectivity index (χ1n) is 7.64. The summed E-state index contributed by atoms with van der Waals surface area (Å²) in [6, 6.07) is 7.83. The Morgan fingerprint density at radius 2 is 1.86 bits per heavy atom. The average molecular weight is 289 g/mol. The Morgan fingerprint density at radius 1 is 1.19 bits per heavy atom. The smallest absolute Gasteiger partial charge is 0.244 e. The Bertz CT molecular complexity index is 449. The molecule has 0 aliphatic heterocycles. The molecule has 0 spiro atoms. The summed E-state index contributed by atoms with van der Waals surface area (Å²) < 4.78 is 5.10. The van der Waals surface area contributed by atoms with E-state index in [0.29, 0.717) is 0 Å². The molecular formula is C18H27NO2. The zero-order valence-electron chi connectivity index (χ0n) is 13.6. The fourth-order valence-electron chi connectivity index (χ4n) is 2.08. The van der Waals surface area contributed by atoms with E-state index in [4.69, 9.17) is 4.74 Å². The summed E-state index contributed by atoms with van der Waals surface area (Å²) >= 11 is 0. The first-order valence-corrected chi connectivity index (χ1v) is 7.64. The highest BCUT2D eigenvalue weighted by Crippen LogP contribution is 2.12. The molecule has 0 saturated heterocycles. The zero-order valence-corrected chi connectivity index (χ0v) is 13.6. The Kier molecular flexibility index (Phi) is 7.59. The van der Waals surface area contributed by atoms with Crippen LogP contribution in [0.25, 0.3) is 6.08 Å². The van der Waals surface area contributed by atoms with Crippen molar-refractivity contribution < 1.29 is 9.53 Å². The van der Waals surface area contributed by atoms with Crippen LogP contribution in [0.1, 0.15) is 45.6 Å². The van der Waals surface area contributed by atoms with E-state index in [2.05, 4.69) is 26.1 Å². The molecule has 1 rings (SSSR count). The Hall–Kier alpha value is -1.77. The molecule has 1 unspecified atom stereocenters. The predicted octanol–water partition coefficient (Wildman–Crippen LogP) is 4.04. The number of rotatable bonds is 8. The van der Waals surface area contributed by atoms with Crippen molar-refractivity contribution in [2.45, 2.75) is 46.1 Å². The van der Waals surface area contributed by atoms with Crippen LogP contribution in [-0.4, -0.2) is 19.1 Å². The second kappa shape index (κ2) is 9.22. The van der Waals surface area contributed by atoms with Crippen molar-refractivity contribution in [2.24, 2.45) is 5.92 Å². The average Bonchev–Trinajstić information content (AvgIpc) is 2.45. The third-order valence-electron chi connectivity index (χ3n) is 3.35. The third kappa shape index (κ3) is 7.54. The number of amides is 1. The van der Waals surface area contributed by atoms with E-state index in [1.165, 1.54) is 6.42 Å². The number of methoxy groups -OCH3 is 1. The molecule has 0 aliphatic rings. The fourth-order valence-corrected chi connectivity index (χ4v) is 2.08. The molecule has 116 valence electrons. The topological polar surface area (TPSA) is 38.3 Å². The molecule has 0 fully saturated rings. The highest BCUT2D eigenvalue weighted by atomic mass is 16.5. The van der Waals surface area contributed by atoms with Crippen LogP contribution in [0.3, 0.4) is 0 Å². The molecule has 1 aromatic rings. The van der Waals surface area contributed by atoms with Crippen molar-refractivity contribution in [2.75, 3.05) is 7.11 Å². The summed E-state index contributed by atoms with van der Waals surface area (Å²) in [4.78, 5) is 11.8. The largest absolute Gasteiger partial charge is 0.497 e. The molecule has 1 N–H and O–H groups in total. The van der Waals surface area contributed by atoms with Gasteiger partial charge in [0.05, 0.1) is 7.11 Å². The lowest BCUT2D eigenvalue weighted by atomic mass is 10.0. The summed E-state index contributed by atoms with van der Waals surface area (Å²) in [7, 11) is 1.64. The van der Waals surface area contributed by atoms with Crippen molar-refractivity contribution in [3.8, 4) is 5.75 Å². The summed E-state index contributed by atoms with van der Waals surface area (Å²) in [5.74, 6) is 1.50. The van der Waals surface area contributed by atoms with Crippen LogP contribution in [0.15, 0.2) is 30.3 Å². The molecule has 0 aliphatic carbocycles. The van der Waals surface area contributed by atoms with Gasteiger partial charge in [-0.15, -0.1) is 0 Å². The number of ether oxygens (including phenoxy) is 1. The molecule has 3 nitrogen and oxygen atoms in total. The Balaban J connectivity index is 2.36. The molecule has 0 bridgehead atoms. The van der Waals surface area contributed by atoms with Gasteiger partial charge in [-0.25, -0.2) is 0 Å². The normalized spacial score (nSPS) is 12.6. The maximum atomic E-state index is 11.8. The number of carbonyl (C=O) groups excluding carboxylic acids is 1. The number of hydrogen-bond donors (Lipinski definition) is 1. The number of carbonyl (C=O) groups is 1. The number of nitrogens with one attached hydrogen (secondary N) is 1. The highest BCUT2D eigenvalue weighted by molar-refractivity contribution is 5.91. The van der Waals surface area contributed by atoms with E-state index in [-0.39, 0.29) is 11.9 Å². The molecule has 0 heterocycles. The van der Waals surface area contributed by atoms with Crippen molar-refractivity contribution in [1.29, 1.82) is 0 Å². The summed E-state index contributed by atoms with van der Waals surface area (Å²) in [5.41, 5.74) is 0.985. The maximum absolute atomic E-state index is 11.8. The lowest BCUT2D eigenvalue weighted by Crippen LogP contribution is -2.31. The first-order chi connectivity index (χ1) is 10.0. The van der Waals surface area contributed by atoms with Crippen molar-refractivity contribution in [1.82, 2.24) is 5.32 Å². The summed E-state index contributed by atoms with van der Waals surface area (Å²) in [6.45, 7) is 6.50. The van der Waals surface area contributed by atoms with Gasteiger partial charge in [-0.1, -0.05) is 38.8 Å². The maximum Gasteiger partial charge on any atom is 0.244 e. The van der Waals surface area contributed by atoms with Gasteiger partial charge in [0.25, 0.3) is 0 Å². The van der Waals surface area contributed by atoms with Crippen LogP contribution in [0.2, 0.25) is 0 Å². The SMILES string of the molecule is COc1ccc(/C=C/C(=O)NC(C)CCCC(C)C)cc1. The quantitative estimate of drug-likeness (QED) is 0.733. The molecule has 21 heavy (non-hydrogen) atoms. The van der Waals surface area contributed by atoms with E-state index in [1.807, 2.05) is 30.3 Å². The minimum Gasteiger partial charge on any atom is -0.497 e. The van der Waals surface area contributed by atoms with Gasteiger partial charge in [-0.05, 0) is 43.0 Å². The van der Waals surface area contributed by atoms with Gasteiger partial charge < -0.3 is 10.1 Å². The van der Waals surface area contributed by atoms with Gasteiger partial charge in [-0.3, -0.25) is 4.79 Å². The molecule has 1 aromatic carbocycles. The van der Waals surface area contributed by atoms with E-state index in [1.54, 1.807) is 13.2 Å². The van der Waals surface area contributed by atoms with Crippen molar-refractivity contribution in [3.05, 3.63) is 35.9 Å². The van der Waals surface area contributed by atoms with Gasteiger partial charge >= 0.3 is 0 Å². The predicted molar refractivity (Wildman–Crippen MR) is 88.3 cm³/mol. The molecule has 0 radical (unpaired) electrons. The third-order valence-corrected chi connectivity index (χ3v) is 3.35. The second-order valence-corrected chi connectivity index (χ2v) is 5.84. The Labute approximate surface area is 128 Å². The van der Waals surface area contributed by atoms with Crippen LogP contribution in [0, 0.1) is 5.92 Å². The molecule has 1 amide bonds. The van der Waals surface area contributed by atoms with Gasteiger partial charge in [0.1, 0.15) is 5.75 Å². The van der Waals surface area contributed by atoms with Crippen molar-refractivity contribution in [3.63, 3.8) is 0 Å². The van der Waals surface area contributed by atoms with E-state index in [0.717, 1.165) is 30.1 Å². The lowest BCUT2D eigenvalue weighted by Gasteiger charge is -2.13. The molecule has 0 saturated carbocycles. The van der Waals surface area contributed by atoms with E-state index in [9.17, 15) is 4.79 Å². The zero-order chi connectivity index (χ0) is 15.7. The van der Waals surface area contributed by atoms with Gasteiger partial charge in [-0.2, -0.15) is 0 Å². The lowest BCUT2D eigenvalue weighted by molar-refractivity contribution is -0.117. The first kappa shape index (κ1) is 17.3. The summed E-state index contributed by atoms with van der Waals surface area (Å²) in [6.07, 6.45) is 6.79. The van der Waals surface area contributed by atoms with Crippen LogP contribution in [-0.2, 0) is 4.79 Å². The van der Waals surface area contributed by atoms with Crippen molar-refractivity contribution >= 4 is 12.0 Å². The highest BCUT2D eigenvalue weighted by Gasteiger charge is 2.05.